The SMILES string of the molecule is CCCCOc1ccc(C(O)C(F)(F)F)c2ccccc12. The minimum absolute atomic E-state index is 0.152. The average Bonchev–Trinajstić information content (AvgIpc) is 2.46. The lowest BCUT2D eigenvalue weighted by atomic mass is 9.99. The molecule has 0 aliphatic rings. The van der Waals surface area contributed by atoms with E-state index < -0.39 is 12.3 Å². The van der Waals surface area contributed by atoms with Gasteiger partial charge in [-0.1, -0.05) is 43.7 Å². The smallest absolute Gasteiger partial charge is 0.418 e. The molecule has 0 fully saturated rings. The second kappa shape index (κ2) is 6.35. The monoisotopic (exact) mass is 298 g/mol. The zero-order valence-corrected chi connectivity index (χ0v) is 11.7. The largest absolute Gasteiger partial charge is 0.493 e. The maximum atomic E-state index is 12.7. The Bertz CT molecular complexity index is 608. The molecule has 2 nitrogen and oxygen atoms in total. The van der Waals surface area contributed by atoms with Crippen molar-refractivity contribution in [1.82, 2.24) is 0 Å². The van der Waals surface area contributed by atoms with Gasteiger partial charge in [0.05, 0.1) is 6.61 Å². The van der Waals surface area contributed by atoms with Crippen molar-refractivity contribution in [3.63, 3.8) is 0 Å². The van der Waals surface area contributed by atoms with Gasteiger partial charge in [0.2, 0.25) is 0 Å². The average molecular weight is 298 g/mol. The third kappa shape index (κ3) is 3.47. The first-order valence-electron chi connectivity index (χ1n) is 6.84. The van der Waals surface area contributed by atoms with E-state index in [9.17, 15) is 18.3 Å². The second-order valence-corrected chi connectivity index (χ2v) is 4.84. The van der Waals surface area contributed by atoms with Crippen molar-refractivity contribution < 1.29 is 23.0 Å². The highest BCUT2D eigenvalue weighted by Crippen LogP contribution is 2.38. The Hall–Kier alpha value is -1.75. The lowest BCUT2D eigenvalue weighted by Crippen LogP contribution is -2.20. The molecule has 1 unspecified atom stereocenters. The van der Waals surface area contributed by atoms with Gasteiger partial charge in [0.1, 0.15) is 5.75 Å². The summed E-state index contributed by atoms with van der Waals surface area (Å²) in [6.45, 7) is 2.55. The van der Waals surface area contributed by atoms with Crippen LogP contribution in [-0.2, 0) is 0 Å². The van der Waals surface area contributed by atoms with E-state index in [4.69, 9.17) is 4.74 Å². The van der Waals surface area contributed by atoms with Gasteiger partial charge in [-0.25, -0.2) is 0 Å². The fourth-order valence-electron chi connectivity index (χ4n) is 2.16. The number of rotatable bonds is 5. The number of hydrogen-bond donors (Lipinski definition) is 1. The van der Waals surface area contributed by atoms with Crippen LogP contribution in [0, 0.1) is 0 Å². The summed E-state index contributed by atoms with van der Waals surface area (Å²) in [5.74, 6) is 0.539. The molecule has 0 aliphatic heterocycles. The van der Waals surface area contributed by atoms with Crippen LogP contribution in [0.15, 0.2) is 36.4 Å². The summed E-state index contributed by atoms with van der Waals surface area (Å²) in [5.41, 5.74) is -0.152. The lowest BCUT2D eigenvalue weighted by molar-refractivity contribution is -0.206. The summed E-state index contributed by atoms with van der Waals surface area (Å²) in [6, 6.07) is 9.41. The summed E-state index contributed by atoms with van der Waals surface area (Å²) in [4.78, 5) is 0. The summed E-state index contributed by atoms with van der Waals surface area (Å²) < 4.78 is 43.8. The highest BCUT2D eigenvalue weighted by molar-refractivity contribution is 5.91. The number of aliphatic hydroxyl groups is 1. The van der Waals surface area contributed by atoms with Crippen LogP contribution in [0.5, 0.6) is 5.75 Å². The molecule has 114 valence electrons. The third-order valence-electron chi connectivity index (χ3n) is 3.28. The Labute approximate surface area is 121 Å². The Morgan fingerprint density at radius 1 is 1.10 bits per heavy atom. The summed E-state index contributed by atoms with van der Waals surface area (Å²) in [7, 11) is 0. The first-order chi connectivity index (χ1) is 9.95. The molecule has 2 aromatic rings. The maximum absolute atomic E-state index is 12.7. The number of fused-ring (bicyclic) bond motifs is 1. The number of aliphatic hydroxyl groups excluding tert-OH is 1. The van der Waals surface area contributed by atoms with Gasteiger partial charge in [-0.2, -0.15) is 13.2 Å². The van der Waals surface area contributed by atoms with Gasteiger partial charge in [0, 0.05) is 5.39 Å². The highest BCUT2D eigenvalue weighted by Gasteiger charge is 2.40. The van der Waals surface area contributed by atoms with Crippen LogP contribution < -0.4 is 4.74 Å². The van der Waals surface area contributed by atoms with Crippen LogP contribution in [-0.4, -0.2) is 17.9 Å². The van der Waals surface area contributed by atoms with E-state index in [-0.39, 0.29) is 5.56 Å². The predicted octanol–water partition coefficient (Wildman–Crippen LogP) is 4.61. The molecule has 21 heavy (non-hydrogen) atoms. The Balaban J connectivity index is 2.44. The van der Waals surface area contributed by atoms with Crippen molar-refractivity contribution >= 4 is 10.8 Å². The molecule has 0 saturated carbocycles. The molecule has 0 bridgehead atoms. The first-order valence-corrected chi connectivity index (χ1v) is 6.84. The first kappa shape index (κ1) is 15.6. The van der Waals surface area contributed by atoms with Gasteiger partial charge < -0.3 is 9.84 Å². The highest BCUT2D eigenvalue weighted by atomic mass is 19.4. The standard InChI is InChI=1S/C16H17F3O2/c1-2-3-10-21-14-9-8-13(15(20)16(17,18)19)11-6-4-5-7-12(11)14/h4-9,15,20H,2-3,10H2,1H3. The van der Waals surface area contributed by atoms with E-state index in [1.807, 2.05) is 6.92 Å². The van der Waals surface area contributed by atoms with Crippen LogP contribution in [0.4, 0.5) is 13.2 Å². The van der Waals surface area contributed by atoms with Crippen molar-refractivity contribution in [3.05, 3.63) is 42.0 Å². The van der Waals surface area contributed by atoms with Crippen LogP contribution in [0.1, 0.15) is 31.4 Å². The van der Waals surface area contributed by atoms with Gasteiger partial charge in [-0.3, -0.25) is 0 Å². The molecule has 5 heteroatoms. The third-order valence-corrected chi connectivity index (χ3v) is 3.28. The van der Waals surface area contributed by atoms with E-state index in [0.29, 0.717) is 23.1 Å². The van der Waals surface area contributed by atoms with E-state index in [1.165, 1.54) is 12.1 Å². The zero-order chi connectivity index (χ0) is 15.5. The molecule has 0 aliphatic carbocycles. The molecular weight excluding hydrogens is 281 g/mol. The lowest BCUT2D eigenvalue weighted by Gasteiger charge is -2.18. The maximum Gasteiger partial charge on any atom is 0.418 e. The molecule has 0 spiro atoms. The number of benzene rings is 2. The number of ether oxygens (including phenoxy) is 1. The molecular formula is C16H17F3O2. The fourth-order valence-corrected chi connectivity index (χ4v) is 2.16. The van der Waals surface area contributed by atoms with E-state index in [1.54, 1.807) is 24.3 Å². The minimum Gasteiger partial charge on any atom is -0.493 e. The predicted molar refractivity (Wildman–Crippen MR) is 75.4 cm³/mol. The van der Waals surface area contributed by atoms with Gasteiger partial charge in [0.15, 0.2) is 6.10 Å². The molecule has 1 N–H and O–H groups in total. The normalized spacial score (nSPS) is 13.4. The van der Waals surface area contributed by atoms with Gasteiger partial charge >= 0.3 is 6.18 Å². The Morgan fingerprint density at radius 2 is 1.76 bits per heavy atom. The van der Waals surface area contributed by atoms with Gasteiger partial charge in [-0.15, -0.1) is 0 Å². The zero-order valence-electron chi connectivity index (χ0n) is 11.7. The Morgan fingerprint density at radius 3 is 2.38 bits per heavy atom. The molecule has 0 heterocycles. The molecule has 0 amide bonds. The van der Waals surface area contributed by atoms with Crippen molar-refractivity contribution in [1.29, 1.82) is 0 Å². The second-order valence-electron chi connectivity index (χ2n) is 4.84. The number of hydrogen-bond acceptors (Lipinski definition) is 2. The quantitative estimate of drug-likeness (QED) is 0.816. The van der Waals surface area contributed by atoms with Crippen molar-refractivity contribution in [2.24, 2.45) is 0 Å². The van der Waals surface area contributed by atoms with E-state index in [0.717, 1.165) is 12.8 Å². The fraction of sp³-hybridized carbons (Fsp3) is 0.375. The van der Waals surface area contributed by atoms with Crippen molar-refractivity contribution in [3.8, 4) is 5.75 Å². The summed E-state index contributed by atoms with van der Waals surface area (Å²) >= 11 is 0. The molecule has 2 aromatic carbocycles. The Kier molecular flexibility index (Phi) is 4.73. The minimum atomic E-state index is -4.69. The summed E-state index contributed by atoms with van der Waals surface area (Å²) in [6.07, 6.45) is -5.33. The van der Waals surface area contributed by atoms with E-state index in [2.05, 4.69) is 0 Å². The van der Waals surface area contributed by atoms with Gasteiger partial charge in [0.25, 0.3) is 0 Å². The van der Waals surface area contributed by atoms with Crippen molar-refractivity contribution in [2.45, 2.75) is 32.0 Å². The van der Waals surface area contributed by atoms with Crippen LogP contribution >= 0.6 is 0 Å². The molecule has 0 radical (unpaired) electrons. The molecule has 1 atom stereocenters. The topological polar surface area (TPSA) is 29.5 Å². The molecule has 0 aromatic heterocycles. The van der Waals surface area contributed by atoms with Crippen LogP contribution in [0.3, 0.4) is 0 Å². The van der Waals surface area contributed by atoms with Crippen molar-refractivity contribution in [2.75, 3.05) is 6.61 Å². The van der Waals surface area contributed by atoms with Crippen LogP contribution in [0.2, 0.25) is 0 Å². The number of unbranched alkanes of at least 4 members (excludes halogenated alkanes) is 1. The number of alkyl halides is 3. The summed E-state index contributed by atoms with van der Waals surface area (Å²) in [5, 5.41) is 10.4. The molecule has 2 rings (SSSR count). The number of halogens is 3. The van der Waals surface area contributed by atoms with E-state index >= 15 is 0 Å². The van der Waals surface area contributed by atoms with Gasteiger partial charge in [-0.05, 0) is 23.4 Å². The van der Waals surface area contributed by atoms with Crippen LogP contribution in [0.25, 0.3) is 10.8 Å². The molecule has 0 saturated heterocycles.